The highest BCUT2D eigenvalue weighted by atomic mass is 16.3. The van der Waals surface area contributed by atoms with Crippen LogP contribution in [0.4, 0.5) is 0 Å². The fourth-order valence-electron chi connectivity index (χ4n) is 9.39. The van der Waals surface area contributed by atoms with Crippen LogP contribution in [0, 0.1) is 39.9 Å². The van der Waals surface area contributed by atoms with Gasteiger partial charge in [0.05, 0.1) is 12.7 Å². The Labute approximate surface area is 141 Å². The Balaban J connectivity index is 1.63. The molecule has 0 aromatic heterocycles. The molecule has 2 nitrogen and oxygen atoms in total. The van der Waals surface area contributed by atoms with E-state index in [9.17, 15) is 10.2 Å². The summed E-state index contributed by atoms with van der Waals surface area (Å²) in [5.41, 5.74) is 0.261. The quantitative estimate of drug-likeness (QED) is 0.818. The molecule has 6 fully saturated rings. The fraction of sp³-hybridized carbons (Fsp3) is 1.00. The van der Waals surface area contributed by atoms with Gasteiger partial charge in [0.25, 0.3) is 0 Å². The van der Waals surface area contributed by atoms with E-state index in [-0.39, 0.29) is 29.0 Å². The smallest absolute Gasteiger partial charge is 0.0601 e. The van der Waals surface area contributed by atoms with Crippen molar-refractivity contribution in [2.24, 2.45) is 39.9 Å². The van der Waals surface area contributed by atoms with Crippen molar-refractivity contribution in [3.63, 3.8) is 0 Å². The Hall–Kier alpha value is -0.0800. The summed E-state index contributed by atoms with van der Waals surface area (Å²) in [5, 5.41) is 22.0. The third-order valence-corrected chi connectivity index (χ3v) is 9.64. The van der Waals surface area contributed by atoms with Gasteiger partial charge in [-0.3, -0.25) is 0 Å². The van der Waals surface area contributed by atoms with E-state index in [1.54, 1.807) is 0 Å². The lowest BCUT2D eigenvalue weighted by Gasteiger charge is -2.68. The van der Waals surface area contributed by atoms with Gasteiger partial charge in [0.2, 0.25) is 0 Å². The molecule has 2 atom stereocenters. The van der Waals surface area contributed by atoms with Crippen LogP contribution < -0.4 is 0 Å². The maximum absolute atomic E-state index is 11.1. The fourth-order valence-corrected chi connectivity index (χ4v) is 9.39. The zero-order valence-corrected chi connectivity index (χ0v) is 14.8. The van der Waals surface area contributed by atoms with Crippen LogP contribution in [0.15, 0.2) is 0 Å². The molecular formula is C21H34O2. The molecule has 0 amide bonds. The summed E-state index contributed by atoms with van der Waals surface area (Å²) in [5.74, 6) is 3.55. The molecule has 23 heavy (non-hydrogen) atoms. The van der Waals surface area contributed by atoms with E-state index in [2.05, 4.69) is 0 Å². The van der Waals surface area contributed by atoms with Gasteiger partial charge in [0.1, 0.15) is 0 Å². The van der Waals surface area contributed by atoms with Crippen LogP contribution in [-0.4, -0.2) is 22.9 Å². The lowest BCUT2D eigenvalue weighted by atomic mass is 9.37. The molecule has 130 valence electrons. The van der Waals surface area contributed by atoms with E-state index in [1.165, 1.54) is 70.6 Å². The number of aliphatic hydroxyl groups is 2. The maximum atomic E-state index is 11.1. The van der Waals surface area contributed by atoms with Gasteiger partial charge in [-0.15, -0.1) is 0 Å². The molecular weight excluding hydrogens is 284 g/mol. The molecule has 6 saturated carbocycles. The zero-order chi connectivity index (χ0) is 15.9. The molecule has 0 aliphatic heterocycles. The van der Waals surface area contributed by atoms with Crippen molar-refractivity contribution in [1.82, 2.24) is 0 Å². The summed E-state index contributed by atoms with van der Waals surface area (Å²) in [6.07, 6.45) is 14.4. The Morgan fingerprint density at radius 1 is 0.870 bits per heavy atom. The van der Waals surface area contributed by atoms with Crippen molar-refractivity contribution in [3.05, 3.63) is 0 Å². The molecule has 6 aliphatic carbocycles. The van der Waals surface area contributed by atoms with Crippen LogP contribution in [-0.2, 0) is 0 Å². The summed E-state index contributed by atoms with van der Waals surface area (Å²) < 4.78 is 0. The van der Waals surface area contributed by atoms with Crippen molar-refractivity contribution in [1.29, 1.82) is 0 Å². The summed E-state index contributed by atoms with van der Waals surface area (Å²) in [6.45, 7) is 2.25. The number of fused-ring (bicyclic) bond motifs is 2. The topological polar surface area (TPSA) is 40.5 Å². The highest BCUT2D eigenvalue weighted by molar-refractivity contribution is 5.19. The van der Waals surface area contributed by atoms with Crippen molar-refractivity contribution < 1.29 is 10.2 Å². The van der Waals surface area contributed by atoms with Gasteiger partial charge in [-0.2, -0.15) is 0 Å². The number of hydrogen-bond acceptors (Lipinski definition) is 2. The van der Waals surface area contributed by atoms with Crippen molar-refractivity contribution in [3.8, 4) is 0 Å². The third kappa shape index (κ3) is 1.73. The van der Waals surface area contributed by atoms with Crippen molar-refractivity contribution >= 4 is 0 Å². The minimum atomic E-state index is -0.361. The largest absolute Gasteiger partial charge is 0.396 e. The lowest BCUT2D eigenvalue weighted by Crippen LogP contribution is -2.65. The highest BCUT2D eigenvalue weighted by Crippen LogP contribution is 2.75. The molecule has 0 radical (unpaired) electrons. The first-order valence-electron chi connectivity index (χ1n) is 10.3. The molecule has 0 aromatic carbocycles. The van der Waals surface area contributed by atoms with E-state index < -0.39 is 0 Å². The SMILES string of the molecule is CC(O)C(CO)(C12CCC(CC1)C2)C12CC3CC(CC(C3)C1)C2. The average Bonchev–Trinajstić information content (AvgIpc) is 3.07. The Bertz CT molecular complexity index is 453. The summed E-state index contributed by atoms with van der Waals surface area (Å²) in [6, 6.07) is 0. The van der Waals surface area contributed by atoms with Crippen LogP contribution in [0.3, 0.4) is 0 Å². The second-order valence-corrected chi connectivity index (χ2v) is 10.4. The predicted molar refractivity (Wildman–Crippen MR) is 90.8 cm³/mol. The second-order valence-electron chi connectivity index (χ2n) is 10.4. The van der Waals surface area contributed by atoms with Crippen molar-refractivity contribution in [2.75, 3.05) is 6.61 Å². The van der Waals surface area contributed by atoms with Gasteiger partial charge in [0, 0.05) is 5.41 Å². The first-order chi connectivity index (χ1) is 11.0. The van der Waals surface area contributed by atoms with E-state index >= 15 is 0 Å². The Kier molecular flexibility index (Phi) is 3.14. The standard InChI is InChI=1S/C21H34O2/c1-14(23)21(13-22,19-4-2-15(9-19)3-5-19)20-10-16-6-17(11-20)8-18(7-16)12-20/h14-18,22-23H,2-13H2,1H3. The molecule has 2 heteroatoms. The lowest BCUT2D eigenvalue weighted by molar-refractivity contribution is -0.238. The molecule has 0 saturated heterocycles. The van der Waals surface area contributed by atoms with Gasteiger partial charge in [-0.1, -0.05) is 0 Å². The van der Waals surface area contributed by atoms with E-state index in [0.717, 1.165) is 23.7 Å². The minimum Gasteiger partial charge on any atom is -0.396 e. The molecule has 6 rings (SSSR count). The highest BCUT2D eigenvalue weighted by Gasteiger charge is 2.70. The molecule has 0 heterocycles. The molecule has 2 N–H and O–H groups in total. The predicted octanol–water partition coefficient (Wildman–Crippen LogP) is 4.14. The van der Waals surface area contributed by atoms with Crippen LogP contribution >= 0.6 is 0 Å². The van der Waals surface area contributed by atoms with Gasteiger partial charge in [-0.25, -0.2) is 0 Å². The number of aliphatic hydroxyl groups excluding tert-OH is 2. The number of hydrogen-bond donors (Lipinski definition) is 2. The maximum Gasteiger partial charge on any atom is 0.0601 e. The molecule has 6 bridgehead atoms. The first-order valence-corrected chi connectivity index (χ1v) is 10.3. The first kappa shape index (κ1) is 15.2. The van der Waals surface area contributed by atoms with Gasteiger partial charge >= 0.3 is 0 Å². The molecule has 0 aromatic rings. The molecule has 0 spiro atoms. The normalized spacial score (nSPS) is 54.4. The summed E-state index contributed by atoms with van der Waals surface area (Å²) in [7, 11) is 0. The van der Waals surface area contributed by atoms with Crippen LogP contribution in [0.5, 0.6) is 0 Å². The van der Waals surface area contributed by atoms with E-state index in [0.29, 0.717) is 0 Å². The monoisotopic (exact) mass is 318 g/mol. The minimum absolute atomic E-state index is 0.221. The van der Waals surface area contributed by atoms with Gasteiger partial charge in [-0.05, 0) is 112 Å². The zero-order valence-electron chi connectivity index (χ0n) is 14.8. The Morgan fingerprint density at radius 2 is 1.35 bits per heavy atom. The number of rotatable bonds is 4. The second kappa shape index (κ2) is 4.75. The third-order valence-electron chi connectivity index (χ3n) is 9.64. The molecule has 6 aliphatic rings. The van der Waals surface area contributed by atoms with Gasteiger partial charge < -0.3 is 10.2 Å². The Morgan fingerprint density at radius 3 is 1.70 bits per heavy atom. The van der Waals surface area contributed by atoms with Crippen LogP contribution in [0.1, 0.15) is 77.6 Å². The summed E-state index contributed by atoms with van der Waals surface area (Å²) >= 11 is 0. The summed E-state index contributed by atoms with van der Waals surface area (Å²) in [4.78, 5) is 0. The van der Waals surface area contributed by atoms with Gasteiger partial charge in [0.15, 0.2) is 0 Å². The van der Waals surface area contributed by atoms with Crippen LogP contribution in [0.25, 0.3) is 0 Å². The van der Waals surface area contributed by atoms with E-state index in [4.69, 9.17) is 0 Å². The van der Waals surface area contributed by atoms with E-state index in [1.807, 2.05) is 6.92 Å². The van der Waals surface area contributed by atoms with Crippen LogP contribution in [0.2, 0.25) is 0 Å². The average molecular weight is 319 g/mol. The van der Waals surface area contributed by atoms with Crippen molar-refractivity contribution in [2.45, 2.75) is 83.7 Å². The molecule has 2 unspecified atom stereocenters.